The van der Waals surface area contributed by atoms with Crippen molar-refractivity contribution in [2.24, 2.45) is 0 Å². The van der Waals surface area contributed by atoms with Gasteiger partial charge in [-0.05, 0) is 59.3 Å². The summed E-state index contributed by atoms with van der Waals surface area (Å²) in [7, 11) is 0. The number of nitrogens with one attached hydrogen (secondary N) is 1. The Balaban J connectivity index is 2.03. The second-order valence-electron chi connectivity index (χ2n) is 4.52. The molecule has 0 unspecified atom stereocenters. The van der Waals surface area contributed by atoms with E-state index in [9.17, 15) is 9.18 Å². The minimum atomic E-state index is -0.285. The molecule has 0 atom stereocenters. The Morgan fingerprint density at radius 1 is 1.19 bits per heavy atom. The van der Waals surface area contributed by atoms with Crippen LogP contribution < -0.4 is 10.2 Å². The molecular formula is C16H16BrFN2O. The Hall–Kier alpha value is -1.88. The van der Waals surface area contributed by atoms with Crippen molar-refractivity contribution in [1.82, 2.24) is 0 Å². The van der Waals surface area contributed by atoms with Crippen LogP contribution in [-0.4, -0.2) is 19.0 Å². The molecular weight excluding hydrogens is 335 g/mol. The molecule has 0 fully saturated rings. The van der Waals surface area contributed by atoms with E-state index in [0.717, 1.165) is 15.8 Å². The lowest BCUT2D eigenvalue weighted by Gasteiger charge is -2.22. The molecule has 0 saturated heterocycles. The van der Waals surface area contributed by atoms with Gasteiger partial charge >= 0.3 is 0 Å². The summed E-state index contributed by atoms with van der Waals surface area (Å²) in [6, 6.07) is 13.6. The van der Waals surface area contributed by atoms with Gasteiger partial charge in [-0.2, -0.15) is 0 Å². The Morgan fingerprint density at radius 2 is 1.86 bits per heavy atom. The Kier molecular flexibility index (Phi) is 5.33. The van der Waals surface area contributed by atoms with Crippen molar-refractivity contribution in [3.63, 3.8) is 0 Å². The molecule has 2 rings (SSSR count). The largest absolute Gasteiger partial charge is 0.362 e. The molecule has 0 aromatic heterocycles. The monoisotopic (exact) mass is 350 g/mol. The lowest BCUT2D eigenvalue weighted by atomic mass is 10.2. The average Bonchev–Trinajstić information content (AvgIpc) is 2.48. The third-order valence-electron chi connectivity index (χ3n) is 3.06. The highest BCUT2D eigenvalue weighted by Gasteiger charge is 2.11. The topological polar surface area (TPSA) is 32.3 Å². The van der Waals surface area contributed by atoms with E-state index in [1.807, 2.05) is 36.1 Å². The number of likely N-dealkylation sites (N-methyl/N-ethyl adjacent to an activating group) is 1. The molecule has 110 valence electrons. The van der Waals surface area contributed by atoms with Gasteiger partial charge in [-0.25, -0.2) is 4.39 Å². The maximum atomic E-state index is 12.9. The zero-order chi connectivity index (χ0) is 15.2. The van der Waals surface area contributed by atoms with Crippen LogP contribution in [0.1, 0.15) is 6.92 Å². The number of hydrogen-bond donors (Lipinski definition) is 1. The molecule has 2 aromatic carbocycles. The molecule has 21 heavy (non-hydrogen) atoms. The summed E-state index contributed by atoms with van der Waals surface area (Å²) in [4.78, 5) is 14.0. The maximum Gasteiger partial charge on any atom is 0.243 e. The van der Waals surface area contributed by atoms with E-state index in [1.54, 1.807) is 12.1 Å². The summed E-state index contributed by atoms with van der Waals surface area (Å²) in [6.07, 6.45) is 0. The number of hydrogen-bond acceptors (Lipinski definition) is 2. The van der Waals surface area contributed by atoms with Crippen LogP contribution in [0.2, 0.25) is 0 Å². The van der Waals surface area contributed by atoms with E-state index < -0.39 is 0 Å². The first-order valence-electron chi connectivity index (χ1n) is 6.65. The summed E-state index contributed by atoms with van der Waals surface area (Å²) in [5.41, 5.74) is 1.55. The van der Waals surface area contributed by atoms with E-state index in [0.29, 0.717) is 6.54 Å². The van der Waals surface area contributed by atoms with E-state index >= 15 is 0 Å². The fourth-order valence-corrected chi connectivity index (χ4v) is 2.35. The summed E-state index contributed by atoms with van der Waals surface area (Å²) in [6.45, 7) is 2.83. The summed E-state index contributed by atoms with van der Waals surface area (Å²) in [5, 5.41) is 2.85. The lowest BCUT2D eigenvalue weighted by Crippen LogP contribution is -2.33. The van der Waals surface area contributed by atoms with Gasteiger partial charge in [-0.15, -0.1) is 0 Å². The maximum absolute atomic E-state index is 12.9. The fourth-order valence-electron chi connectivity index (χ4n) is 1.96. The molecule has 1 amide bonds. The number of carbonyl (C=O) groups is 1. The number of amides is 1. The minimum absolute atomic E-state index is 0.118. The molecule has 0 aliphatic carbocycles. The second-order valence-corrected chi connectivity index (χ2v) is 5.37. The van der Waals surface area contributed by atoms with Crippen molar-refractivity contribution in [3.05, 3.63) is 58.8 Å². The van der Waals surface area contributed by atoms with Crippen LogP contribution in [0.3, 0.4) is 0 Å². The van der Waals surface area contributed by atoms with Gasteiger partial charge in [0.25, 0.3) is 0 Å². The van der Waals surface area contributed by atoms with Crippen LogP contribution >= 0.6 is 15.9 Å². The predicted molar refractivity (Wildman–Crippen MR) is 87.1 cm³/mol. The van der Waals surface area contributed by atoms with Gasteiger partial charge in [0.05, 0.1) is 12.2 Å². The number of benzene rings is 2. The van der Waals surface area contributed by atoms with Crippen LogP contribution in [0.15, 0.2) is 53.0 Å². The number of carbonyl (C=O) groups excluding carboxylic acids is 1. The SMILES string of the molecule is CCN(CC(=O)Nc1ccccc1Br)c1ccc(F)cc1. The van der Waals surface area contributed by atoms with E-state index in [4.69, 9.17) is 0 Å². The summed E-state index contributed by atoms with van der Waals surface area (Å²) < 4.78 is 13.8. The minimum Gasteiger partial charge on any atom is -0.362 e. The number of rotatable bonds is 5. The molecule has 0 bridgehead atoms. The zero-order valence-electron chi connectivity index (χ0n) is 11.6. The summed E-state index contributed by atoms with van der Waals surface area (Å²) >= 11 is 3.39. The third-order valence-corrected chi connectivity index (χ3v) is 3.75. The van der Waals surface area contributed by atoms with Crippen molar-refractivity contribution >= 4 is 33.2 Å². The lowest BCUT2D eigenvalue weighted by molar-refractivity contribution is -0.115. The normalized spacial score (nSPS) is 10.2. The van der Waals surface area contributed by atoms with Crippen molar-refractivity contribution in [1.29, 1.82) is 0 Å². The van der Waals surface area contributed by atoms with Gasteiger partial charge in [0.1, 0.15) is 5.82 Å². The third kappa shape index (κ3) is 4.29. The first-order chi connectivity index (χ1) is 10.1. The Morgan fingerprint density at radius 3 is 2.48 bits per heavy atom. The van der Waals surface area contributed by atoms with Crippen LogP contribution in [0.4, 0.5) is 15.8 Å². The van der Waals surface area contributed by atoms with Crippen LogP contribution in [0.25, 0.3) is 0 Å². The van der Waals surface area contributed by atoms with Gasteiger partial charge in [0.15, 0.2) is 0 Å². The highest BCUT2D eigenvalue weighted by Crippen LogP contribution is 2.21. The van der Waals surface area contributed by atoms with Crippen molar-refractivity contribution in [3.8, 4) is 0 Å². The summed E-state index contributed by atoms with van der Waals surface area (Å²) in [5.74, 6) is -0.402. The number of nitrogens with zero attached hydrogens (tertiary/aromatic N) is 1. The van der Waals surface area contributed by atoms with E-state index in [1.165, 1.54) is 12.1 Å². The van der Waals surface area contributed by atoms with E-state index in [2.05, 4.69) is 21.2 Å². The zero-order valence-corrected chi connectivity index (χ0v) is 13.2. The second kappa shape index (κ2) is 7.22. The number of anilines is 2. The molecule has 3 nitrogen and oxygen atoms in total. The van der Waals surface area contributed by atoms with E-state index in [-0.39, 0.29) is 18.3 Å². The van der Waals surface area contributed by atoms with Crippen molar-refractivity contribution in [2.75, 3.05) is 23.3 Å². The number of halogens is 2. The first-order valence-corrected chi connectivity index (χ1v) is 7.44. The smallest absolute Gasteiger partial charge is 0.243 e. The molecule has 0 aliphatic rings. The molecule has 0 saturated carbocycles. The van der Waals surface area contributed by atoms with Crippen LogP contribution in [0, 0.1) is 5.82 Å². The highest BCUT2D eigenvalue weighted by atomic mass is 79.9. The molecule has 2 aromatic rings. The first kappa shape index (κ1) is 15.5. The van der Waals surface area contributed by atoms with Gasteiger partial charge < -0.3 is 10.2 Å². The quantitative estimate of drug-likeness (QED) is 0.881. The highest BCUT2D eigenvalue weighted by molar-refractivity contribution is 9.10. The van der Waals surface area contributed by atoms with Gasteiger partial charge in [0, 0.05) is 16.7 Å². The fraction of sp³-hybridized carbons (Fsp3) is 0.188. The number of para-hydroxylation sites is 1. The molecule has 1 N–H and O–H groups in total. The van der Waals surface area contributed by atoms with Crippen LogP contribution in [0.5, 0.6) is 0 Å². The standard InChI is InChI=1S/C16H16BrFN2O/c1-2-20(13-9-7-12(18)8-10-13)11-16(21)19-15-6-4-3-5-14(15)17/h3-10H,2,11H2,1H3,(H,19,21). The molecule has 5 heteroatoms. The Bertz CT molecular complexity index is 616. The van der Waals surface area contributed by atoms with Crippen molar-refractivity contribution in [2.45, 2.75) is 6.92 Å². The molecule has 0 spiro atoms. The average molecular weight is 351 g/mol. The van der Waals surface area contributed by atoms with Gasteiger partial charge in [0.2, 0.25) is 5.91 Å². The molecule has 0 aliphatic heterocycles. The molecule has 0 heterocycles. The van der Waals surface area contributed by atoms with Crippen LogP contribution in [-0.2, 0) is 4.79 Å². The Labute approximate surface area is 131 Å². The van der Waals surface area contributed by atoms with Gasteiger partial charge in [-0.3, -0.25) is 4.79 Å². The predicted octanol–water partition coefficient (Wildman–Crippen LogP) is 4.05. The van der Waals surface area contributed by atoms with Gasteiger partial charge in [-0.1, -0.05) is 12.1 Å². The van der Waals surface area contributed by atoms with Crippen molar-refractivity contribution < 1.29 is 9.18 Å². The molecule has 0 radical (unpaired) electrons.